The van der Waals surface area contributed by atoms with Gasteiger partial charge in [-0.2, -0.15) is 13.2 Å². The van der Waals surface area contributed by atoms with E-state index >= 15 is 0 Å². The SMILES string of the molecule is CO[C@](C(=O)O[C@@H]1C[C@@H](CCc2ccc(O)cc2)O[C@@H](c2ccc(O)cc2)C1)(c1ccccc1)C(F)(F)F. The van der Waals surface area contributed by atoms with Crippen LogP contribution in [0.1, 0.15) is 42.1 Å². The summed E-state index contributed by atoms with van der Waals surface area (Å²) in [5.41, 5.74) is -1.99. The minimum Gasteiger partial charge on any atom is -0.508 e. The summed E-state index contributed by atoms with van der Waals surface area (Å²) < 4.78 is 59.8. The third kappa shape index (κ3) is 5.95. The monoisotopic (exact) mass is 530 g/mol. The van der Waals surface area contributed by atoms with Crippen molar-refractivity contribution in [3.8, 4) is 11.5 Å². The van der Waals surface area contributed by atoms with Crippen LogP contribution in [0.15, 0.2) is 78.9 Å². The van der Waals surface area contributed by atoms with Gasteiger partial charge in [0, 0.05) is 25.5 Å². The van der Waals surface area contributed by atoms with E-state index in [1.54, 1.807) is 42.5 Å². The average Bonchev–Trinajstić information content (AvgIpc) is 2.89. The van der Waals surface area contributed by atoms with E-state index in [0.29, 0.717) is 18.4 Å². The second-order valence-electron chi connectivity index (χ2n) is 9.29. The number of phenols is 2. The molecule has 6 nitrogen and oxygen atoms in total. The van der Waals surface area contributed by atoms with Gasteiger partial charge in [0.25, 0.3) is 5.60 Å². The van der Waals surface area contributed by atoms with Crippen molar-refractivity contribution in [1.82, 2.24) is 0 Å². The standard InChI is InChI=1S/C29H29F3O6/c1-36-28(29(30,31)32,21-5-3-2-4-6-21)27(35)38-25-17-24(16-9-19-7-12-22(33)13-8-19)37-26(18-25)20-10-14-23(34)15-11-20/h2-8,10-15,24-26,33-34H,9,16-18H2,1H3/t24-,25-,26-,28+/m1/s1. The van der Waals surface area contributed by atoms with Crippen LogP contribution in [-0.4, -0.2) is 41.7 Å². The second-order valence-corrected chi connectivity index (χ2v) is 9.29. The fourth-order valence-corrected chi connectivity index (χ4v) is 4.77. The number of methoxy groups -OCH3 is 1. The number of hydrogen-bond donors (Lipinski definition) is 2. The first-order chi connectivity index (χ1) is 18.1. The molecule has 0 radical (unpaired) electrons. The Hall–Kier alpha value is -3.56. The number of aryl methyl sites for hydroxylation is 1. The number of hydrogen-bond acceptors (Lipinski definition) is 6. The lowest BCUT2D eigenvalue weighted by molar-refractivity contribution is -0.280. The molecule has 4 atom stereocenters. The van der Waals surface area contributed by atoms with E-state index in [9.17, 15) is 28.2 Å². The minimum atomic E-state index is -5.07. The molecule has 0 spiro atoms. The highest BCUT2D eigenvalue weighted by molar-refractivity contribution is 5.82. The van der Waals surface area contributed by atoms with E-state index in [4.69, 9.17) is 14.2 Å². The number of benzene rings is 3. The van der Waals surface area contributed by atoms with Crippen LogP contribution < -0.4 is 0 Å². The molecule has 202 valence electrons. The van der Waals surface area contributed by atoms with Crippen LogP contribution in [0.25, 0.3) is 0 Å². The molecular formula is C29H29F3O6. The molecule has 0 aromatic heterocycles. The molecule has 3 aromatic rings. The van der Waals surface area contributed by atoms with Gasteiger partial charge >= 0.3 is 12.1 Å². The van der Waals surface area contributed by atoms with Crippen LogP contribution in [0.2, 0.25) is 0 Å². The van der Waals surface area contributed by atoms with Gasteiger partial charge in [-0.1, -0.05) is 54.6 Å². The fraction of sp³-hybridized carbons (Fsp3) is 0.345. The van der Waals surface area contributed by atoms with Gasteiger partial charge in [0.15, 0.2) is 0 Å². The number of phenolic OH excluding ortho intramolecular Hbond substituents is 2. The molecule has 0 unspecified atom stereocenters. The molecule has 0 aliphatic carbocycles. The molecule has 3 aromatic carbocycles. The molecule has 1 aliphatic heterocycles. The number of alkyl halides is 3. The van der Waals surface area contributed by atoms with Crippen molar-refractivity contribution >= 4 is 5.97 Å². The topological polar surface area (TPSA) is 85.2 Å². The normalized spacial score (nSPS) is 21.4. The van der Waals surface area contributed by atoms with Crippen LogP contribution in [0, 0.1) is 0 Å². The van der Waals surface area contributed by atoms with E-state index < -0.39 is 36.1 Å². The van der Waals surface area contributed by atoms with Crippen molar-refractivity contribution in [3.05, 3.63) is 95.6 Å². The van der Waals surface area contributed by atoms with Crippen molar-refractivity contribution in [2.24, 2.45) is 0 Å². The van der Waals surface area contributed by atoms with E-state index in [-0.39, 0.29) is 29.9 Å². The molecule has 38 heavy (non-hydrogen) atoms. The predicted molar refractivity (Wildman–Crippen MR) is 132 cm³/mol. The molecule has 0 amide bonds. The number of ether oxygens (including phenoxy) is 3. The Morgan fingerprint density at radius 3 is 2.11 bits per heavy atom. The van der Waals surface area contributed by atoms with E-state index in [1.807, 2.05) is 0 Å². The zero-order valence-electron chi connectivity index (χ0n) is 20.7. The molecule has 1 heterocycles. The Labute approximate surface area is 218 Å². The number of aromatic hydroxyl groups is 2. The summed E-state index contributed by atoms with van der Waals surface area (Å²) in [6.07, 6.45) is -5.49. The van der Waals surface area contributed by atoms with Gasteiger partial charge < -0.3 is 24.4 Å². The van der Waals surface area contributed by atoms with Gasteiger partial charge in [-0.25, -0.2) is 4.79 Å². The number of carbonyl (C=O) groups is 1. The van der Waals surface area contributed by atoms with Crippen LogP contribution in [-0.2, 0) is 31.0 Å². The summed E-state index contributed by atoms with van der Waals surface area (Å²) >= 11 is 0. The molecule has 2 N–H and O–H groups in total. The van der Waals surface area contributed by atoms with Crippen LogP contribution in [0.3, 0.4) is 0 Å². The molecule has 0 bridgehead atoms. The van der Waals surface area contributed by atoms with Gasteiger partial charge in [-0.3, -0.25) is 0 Å². The van der Waals surface area contributed by atoms with Crippen molar-refractivity contribution in [2.45, 2.75) is 55.8 Å². The first kappa shape index (κ1) is 27.5. The Morgan fingerprint density at radius 1 is 0.921 bits per heavy atom. The Bertz CT molecular complexity index is 1200. The maximum atomic E-state index is 14.4. The third-order valence-corrected chi connectivity index (χ3v) is 6.76. The summed E-state index contributed by atoms with van der Waals surface area (Å²) in [5, 5.41) is 19.2. The highest BCUT2D eigenvalue weighted by Crippen LogP contribution is 2.44. The van der Waals surface area contributed by atoms with Crippen LogP contribution >= 0.6 is 0 Å². The molecule has 1 saturated heterocycles. The van der Waals surface area contributed by atoms with Crippen molar-refractivity contribution in [2.75, 3.05) is 7.11 Å². The molecule has 9 heteroatoms. The average molecular weight is 531 g/mol. The summed E-state index contributed by atoms with van der Waals surface area (Å²) in [5.74, 6) is -1.33. The Balaban J connectivity index is 1.58. The van der Waals surface area contributed by atoms with Crippen molar-refractivity contribution < 1.29 is 42.4 Å². The largest absolute Gasteiger partial charge is 0.508 e. The number of carbonyl (C=O) groups excluding carboxylic acids is 1. The highest BCUT2D eigenvalue weighted by atomic mass is 19.4. The lowest BCUT2D eigenvalue weighted by Gasteiger charge is -2.38. The summed E-state index contributed by atoms with van der Waals surface area (Å²) in [6.45, 7) is 0. The first-order valence-corrected chi connectivity index (χ1v) is 12.2. The molecular weight excluding hydrogens is 501 g/mol. The molecule has 1 fully saturated rings. The minimum absolute atomic E-state index is 0.0642. The fourth-order valence-electron chi connectivity index (χ4n) is 4.77. The van der Waals surface area contributed by atoms with E-state index in [2.05, 4.69) is 0 Å². The second kappa shape index (κ2) is 11.4. The zero-order chi connectivity index (χ0) is 27.3. The summed E-state index contributed by atoms with van der Waals surface area (Å²) in [6, 6.07) is 19.7. The lowest BCUT2D eigenvalue weighted by atomic mass is 9.91. The molecule has 0 saturated carbocycles. The lowest BCUT2D eigenvalue weighted by Crippen LogP contribution is -2.53. The van der Waals surface area contributed by atoms with Gasteiger partial charge in [0.05, 0.1) is 12.2 Å². The van der Waals surface area contributed by atoms with E-state index in [0.717, 1.165) is 12.7 Å². The van der Waals surface area contributed by atoms with Crippen molar-refractivity contribution in [1.29, 1.82) is 0 Å². The number of rotatable bonds is 8. The predicted octanol–water partition coefficient (Wildman–Crippen LogP) is 5.97. The number of esters is 1. The van der Waals surface area contributed by atoms with Gasteiger partial charge in [-0.15, -0.1) is 0 Å². The summed E-state index contributed by atoms with van der Waals surface area (Å²) in [4.78, 5) is 13.3. The van der Waals surface area contributed by atoms with Crippen LogP contribution in [0.5, 0.6) is 11.5 Å². The third-order valence-electron chi connectivity index (χ3n) is 6.76. The van der Waals surface area contributed by atoms with Crippen molar-refractivity contribution in [3.63, 3.8) is 0 Å². The quantitative estimate of drug-likeness (QED) is 0.349. The number of halogens is 3. The Morgan fingerprint density at radius 2 is 1.53 bits per heavy atom. The van der Waals surface area contributed by atoms with E-state index in [1.165, 1.54) is 36.4 Å². The smallest absolute Gasteiger partial charge is 0.432 e. The maximum absolute atomic E-state index is 14.4. The highest BCUT2D eigenvalue weighted by Gasteiger charge is 2.64. The van der Waals surface area contributed by atoms with Gasteiger partial charge in [0.2, 0.25) is 0 Å². The van der Waals surface area contributed by atoms with Gasteiger partial charge in [-0.05, 0) is 48.2 Å². The Kier molecular flexibility index (Phi) is 8.28. The van der Waals surface area contributed by atoms with Gasteiger partial charge in [0.1, 0.15) is 17.6 Å². The molecule has 1 aliphatic rings. The van der Waals surface area contributed by atoms with Crippen LogP contribution in [0.4, 0.5) is 13.2 Å². The summed E-state index contributed by atoms with van der Waals surface area (Å²) in [7, 11) is 0.839. The molecule has 4 rings (SSSR count). The maximum Gasteiger partial charge on any atom is 0.432 e. The zero-order valence-corrected chi connectivity index (χ0v) is 20.7. The first-order valence-electron chi connectivity index (χ1n) is 12.2.